The van der Waals surface area contributed by atoms with Gasteiger partial charge in [0.05, 0.1) is 5.69 Å². The highest BCUT2D eigenvalue weighted by Gasteiger charge is 2.18. The van der Waals surface area contributed by atoms with Gasteiger partial charge in [-0.25, -0.2) is 5.43 Å². The standard InChI is InChI=1S/C12H13N3O2S/c1-18-10-5-3-2-4-8(10)13-12(17)9-6-7-11(16)15-14-9/h2-5H,6-7H2,1H3,(H,13,17)(H,15,16). The molecule has 1 aromatic carbocycles. The number of rotatable bonds is 3. The van der Waals surface area contributed by atoms with E-state index in [1.165, 1.54) is 0 Å². The van der Waals surface area contributed by atoms with Crippen LogP contribution in [0.15, 0.2) is 34.3 Å². The van der Waals surface area contributed by atoms with Crippen molar-refractivity contribution in [2.24, 2.45) is 5.10 Å². The summed E-state index contributed by atoms with van der Waals surface area (Å²) < 4.78 is 0. The van der Waals surface area contributed by atoms with Crippen LogP contribution in [-0.4, -0.2) is 23.8 Å². The summed E-state index contributed by atoms with van der Waals surface area (Å²) in [5.74, 6) is -0.424. The van der Waals surface area contributed by atoms with Crippen molar-refractivity contribution < 1.29 is 9.59 Å². The highest BCUT2D eigenvalue weighted by Crippen LogP contribution is 2.24. The van der Waals surface area contributed by atoms with Crippen molar-refractivity contribution in [1.82, 2.24) is 5.43 Å². The monoisotopic (exact) mass is 263 g/mol. The van der Waals surface area contributed by atoms with Gasteiger partial charge in [0.15, 0.2) is 0 Å². The van der Waals surface area contributed by atoms with Crippen LogP contribution < -0.4 is 10.7 Å². The van der Waals surface area contributed by atoms with E-state index >= 15 is 0 Å². The topological polar surface area (TPSA) is 70.6 Å². The van der Waals surface area contributed by atoms with E-state index in [9.17, 15) is 9.59 Å². The van der Waals surface area contributed by atoms with Crippen LogP contribution in [0.5, 0.6) is 0 Å². The van der Waals surface area contributed by atoms with Crippen molar-refractivity contribution in [3.63, 3.8) is 0 Å². The van der Waals surface area contributed by atoms with E-state index in [0.717, 1.165) is 10.6 Å². The minimum absolute atomic E-state index is 0.156. The zero-order valence-corrected chi connectivity index (χ0v) is 10.7. The van der Waals surface area contributed by atoms with Crippen molar-refractivity contribution in [2.75, 3.05) is 11.6 Å². The first-order valence-corrected chi connectivity index (χ1v) is 6.73. The quantitative estimate of drug-likeness (QED) is 0.814. The average Bonchev–Trinajstić information content (AvgIpc) is 2.40. The second kappa shape index (κ2) is 5.68. The number of amides is 2. The Bertz CT molecular complexity index is 514. The molecular formula is C12H13N3O2S. The maximum absolute atomic E-state index is 11.9. The summed E-state index contributed by atoms with van der Waals surface area (Å²) >= 11 is 1.56. The van der Waals surface area contributed by atoms with E-state index in [-0.39, 0.29) is 11.8 Å². The van der Waals surface area contributed by atoms with E-state index in [1.54, 1.807) is 11.8 Å². The minimum atomic E-state index is -0.267. The second-order valence-corrected chi connectivity index (χ2v) is 4.60. The number of nitrogens with zero attached hydrogens (tertiary/aromatic N) is 1. The number of benzene rings is 1. The lowest BCUT2D eigenvalue weighted by Gasteiger charge is -2.13. The lowest BCUT2D eigenvalue weighted by Crippen LogP contribution is -2.32. The molecule has 0 spiro atoms. The maximum atomic E-state index is 11.9. The zero-order valence-electron chi connectivity index (χ0n) is 9.90. The van der Waals surface area contributed by atoms with Crippen molar-refractivity contribution in [3.8, 4) is 0 Å². The normalized spacial score (nSPS) is 14.7. The Kier molecular flexibility index (Phi) is 3.99. The molecule has 2 N–H and O–H groups in total. The van der Waals surface area contributed by atoms with E-state index in [4.69, 9.17) is 0 Å². The third kappa shape index (κ3) is 2.89. The Balaban J connectivity index is 2.09. The molecule has 94 valence electrons. The van der Waals surface area contributed by atoms with Crippen LogP contribution in [-0.2, 0) is 9.59 Å². The molecule has 6 heteroatoms. The number of hydrogen-bond donors (Lipinski definition) is 2. The van der Waals surface area contributed by atoms with Gasteiger partial charge in [-0.2, -0.15) is 5.10 Å². The molecule has 1 aromatic rings. The number of carbonyl (C=O) groups is 2. The van der Waals surface area contributed by atoms with Crippen LogP contribution in [0.1, 0.15) is 12.8 Å². The molecule has 2 amide bonds. The van der Waals surface area contributed by atoms with Crippen LogP contribution in [0.25, 0.3) is 0 Å². The highest BCUT2D eigenvalue weighted by molar-refractivity contribution is 7.98. The molecule has 18 heavy (non-hydrogen) atoms. The molecule has 0 bridgehead atoms. The first-order chi connectivity index (χ1) is 8.70. The van der Waals surface area contributed by atoms with Gasteiger partial charge in [-0.3, -0.25) is 9.59 Å². The number of hydrogen-bond acceptors (Lipinski definition) is 4. The van der Waals surface area contributed by atoms with Gasteiger partial charge < -0.3 is 5.32 Å². The lowest BCUT2D eigenvalue weighted by atomic mass is 10.1. The fraction of sp³-hybridized carbons (Fsp3) is 0.250. The second-order valence-electron chi connectivity index (χ2n) is 3.75. The summed E-state index contributed by atoms with van der Waals surface area (Å²) in [4.78, 5) is 23.9. The summed E-state index contributed by atoms with van der Waals surface area (Å²) in [6.45, 7) is 0. The first kappa shape index (κ1) is 12.6. The zero-order chi connectivity index (χ0) is 13.0. The number of nitrogens with one attached hydrogen (secondary N) is 2. The minimum Gasteiger partial charge on any atom is -0.320 e. The SMILES string of the molecule is CSc1ccccc1NC(=O)C1=NNC(=O)CC1. The number of thioether (sulfide) groups is 1. The van der Waals surface area contributed by atoms with Gasteiger partial charge in [0.1, 0.15) is 5.71 Å². The Labute approximate surface area is 109 Å². The van der Waals surface area contributed by atoms with Crippen LogP contribution in [0.4, 0.5) is 5.69 Å². The van der Waals surface area contributed by atoms with Crippen molar-refractivity contribution in [2.45, 2.75) is 17.7 Å². The molecule has 1 aliphatic heterocycles. The fourth-order valence-electron chi connectivity index (χ4n) is 1.58. The van der Waals surface area contributed by atoms with E-state index in [0.29, 0.717) is 18.6 Å². The largest absolute Gasteiger partial charge is 0.320 e. The molecular weight excluding hydrogens is 250 g/mol. The number of para-hydroxylation sites is 1. The average molecular weight is 263 g/mol. The Morgan fingerprint density at radius 3 is 2.83 bits per heavy atom. The van der Waals surface area contributed by atoms with E-state index in [2.05, 4.69) is 15.8 Å². The van der Waals surface area contributed by atoms with Gasteiger partial charge in [0, 0.05) is 17.7 Å². The molecule has 0 aliphatic carbocycles. The summed E-state index contributed by atoms with van der Waals surface area (Å²) in [6, 6.07) is 7.55. The Hall–Kier alpha value is -1.82. The molecule has 0 saturated heterocycles. The molecule has 0 saturated carbocycles. The Morgan fingerprint density at radius 1 is 1.39 bits per heavy atom. The molecule has 2 rings (SSSR count). The molecule has 0 fully saturated rings. The van der Waals surface area contributed by atoms with Crippen molar-refractivity contribution in [1.29, 1.82) is 0 Å². The van der Waals surface area contributed by atoms with Gasteiger partial charge in [-0.15, -0.1) is 11.8 Å². The molecule has 1 heterocycles. The molecule has 0 atom stereocenters. The van der Waals surface area contributed by atoms with Crippen LogP contribution >= 0.6 is 11.8 Å². The third-order valence-corrected chi connectivity index (χ3v) is 3.32. The number of carbonyl (C=O) groups excluding carboxylic acids is 2. The first-order valence-electron chi connectivity index (χ1n) is 5.50. The smallest absolute Gasteiger partial charge is 0.271 e. The predicted molar refractivity (Wildman–Crippen MR) is 71.7 cm³/mol. The highest BCUT2D eigenvalue weighted by atomic mass is 32.2. The van der Waals surface area contributed by atoms with Gasteiger partial charge >= 0.3 is 0 Å². The summed E-state index contributed by atoms with van der Waals surface area (Å²) in [5, 5.41) is 6.56. The fourth-order valence-corrected chi connectivity index (χ4v) is 2.13. The van der Waals surface area contributed by atoms with Crippen LogP contribution in [0.2, 0.25) is 0 Å². The van der Waals surface area contributed by atoms with Gasteiger partial charge in [-0.1, -0.05) is 12.1 Å². The molecule has 5 nitrogen and oxygen atoms in total. The van der Waals surface area contributed by atoms with Gasteiger partial charge in [0.25, 0.3) is 5.91 Å². The summed E-state index contributed by atoms with van der Waals surface area (Å²) in [6.07, 6.45) is 2.62. The summed E-state index contributed by atoms with van der Waals surface area (Å²) in [7, 11) is 0. The van der Waals surface area contributed by atoms with Gasteiger partial charge in [-0.05, 0) is 18.4 Å². The van der Waals surface area contributed by atoms with Crippen molar-refractivity contribution >= 4 is 35.0 Å². The molecule has 1 aliphatic rings. The molecule has 0 aromatic heterocycles. The summed E-state index contributed by atoms with van der Waals surface area (Å²) in [5.41, 5.74) is 3.42. The van der Waals surface area contributed by atoms with Crippen LogP contribution in [0.3, 0.4) is 0 Å². The van der Waals surface area contributed by atoms with Crippen LogP contribution in [0, 0.1) is 0 Å². The van der Waals surface area contributed by atoms with Gasteiger partial charge in [0.2, 0.25) is 5.91 Å². The van der Waals surface area contributed by atoms with E-state index < -0.39 is 0 Å². The molecule has 0 unspecified atom stereocenters. The number of anilines is 1. The third-order valence-electron chi connectivity index (χ3n) is 2.52. The number of hydrazone groups is 1. The van der Waals surface area contributed by atoms with Crippen molar-refractivity contribution in [3.05, 3.63) is 24.3 Å². The maximum Gasteiger partial charge on any atom is 0.271 e. The Morgan fingerprint density at radius 2 is 2.17 bits per heavy atom. The van der Waals surface area contributed by atoms with E-state index in [1.807, 2.05) is 30.5 Å². The lowest BCUT2D eigenvalue weighted by molar-refractivity contribution is -0.121. The molecule has 0 radical (unpaired) electrons. The predicted octanol–water partition coefficient (Wildman–Crippen LogP) is 1.61.